The molecular weight excluding hydrogens is 478 g/mol. The van der Waals surface area contributed by atoms with Crippen LogP contribution in [0.15, 0.2) is 12.7 Å². The van der Waals surface area contributed by atoms with Crippen molar-refractivity contribution in [1.29, 1.82) is 0 Å². The fraction of sp³-hybridized carbons (Fsp3) is 0.857. The van der Waals surface area contributed by atoms with Gasteiger partial charge in [-0.25, -0.2) is 4.79 Å². The predicted octanol–water partition coefficient (Wildman–Crippen LogP) is 3.56. The first-order valence-electron chi connectivity index (χ1n) is 14.7. The zero-order valence-electron chi connectivity index (χ0n) is 23.7. The number of ether oxygens (including phenoxy) is 2. The molecule has 4 N–H and O–H groups in total. The molecule has 1 aliphatic heterocycles. The first kappa shape index (κ1) is 31.7. The minimum absolute atomic E-state index is 0.161. The van der Waals surface area contributed by atoms with Crippen molar-refractivity contribution >= 4 is 11.9 Å². The largest absolute Gasteiger partial charge is 0.403 e. The van der Waals surface area contributed by atoms with Crippen molar-refractivity contribution in [2.24, 2.45) is 0 Å². The number of amides is 1. The fourth-order valence-electron chi connectivity index (χ4n) is 4.77. The number of carbonyl (C=O) groups excluding carboxylic acids is 2. The monoisotopic (exact) mass is 530 g/mol. The van der Waals surface area contributed by atoms with Crippen molar-refractivity contribution in [3.8, 4) is 0 Å². The molecule has 0 aromatic carbocycles. The molecule has 9 heteroatoms. The van der Waals surface area contributed by atoms with Gasteiger partial charge in [-0.2, -0.15) is 0 Å². The lowest BCUT2D eigenvalue weighted by atomic mass is 9.94. The zero-order chi connectivity index (χ0) is 28.4. The SMILES string of the molecule is [2H]CCCCCCCCCCCCCCCCCC(=O)N(C)[C@@H]1[C@@H](O)[C@H](O)[C@@H](CO)OC1(O)OC(=O)C=C. The number of rotatable bonds is 20. The normalized spacial score (nSPS) is 25.9. The molecule has 0 saturated carbocycles. The van der Waals surface area contributed by atoms with E-state index in [2.05, 4.69) is 6.58 Å². The Morgan fingerprint density at radius 3 is 1.89 bits per heavy atom. The molecule has 0 aliphatic carbocycles. The van der Waals surface area contributed by atoms with Gasteiger partial charge in [0.2, 0.25) is 5.91 Å². The molecule has 0 radical (unpaired) electrons. The van der Waals surface area contributed by atoms with E-state index in [9.17, 15) is 30.0 Å². The molecule has 5 atom stereocenters. The Morgan fingerprint density at radius 1 is 0.946 bits per heavy atom. The molecule has 1 fully saturated rings. The van der Waals surface area contributed by atoms with E-state index in [1.807, 2.05) is 0 Å². The van der Waals surface area contributed by atoms with Gasteiger partial charge in [-0.05, 0) is 6.42 Å². The van der Waals surface area contributed by atoms with Crippen molar-refractivity contribution in [2.45, 2.75) is 140 Å². The molecule has 37 heavy (non-hydrogen) atoms. The summed E-state index contributed by atoms with van der Waals surface area (Å²) >= 11 is 0. The van der Waals surface area contributed by atoms with Gasteiger partial charge in [0.15, 0.2) is 6.04 Å². The van der Waals surface area contributed by atoms with Crippen LogP contribution in [0.25, 0.3) is 0 Å². The van der Waals surface area contributed by atoms with Gasteiger partial charge in [-0.15, -0.1) is 0 Å². The summed E-state index contributed by atoms with van der Waals surface area (Å²) < 4.78 is 17.2. The summed E-state index contributed by atoms with van der Waals surface area (Å²) in [4.78, 5) is 25.6. The molecule has 0 bridgehead atoms. The van der Waals surface area contributed by atoms with Gasteiger partial charge in [0, 0.05) is 20.9 Å². The van der Waals surface area contributed by atoms with Crippen LogP contribution in [0.3, 0.4) is 0 Å². The van der Waals surface area contributed by atoms with Crippen LogP contribution in [0.1, 0.15) is 111 Å². The van der Waals surface area contributed by atoms with Crippen molar-refractivity contribution in [2.75, 3.05) is 13.7 Å². The molecule has 1 unspecified atom stereocenters. The fourth-order valence-corrected chi connectivity index (χ4v) is 4.77. The molecule has 1 rings (SSSR count). The van der Waals surface area contributed by atoms with Gasteiger partial charge >= 0.3 is 11.9 Å². The van der Waals surface area contributed by atoms with Crippen molar-refractivity contribution in [3.63, 3.8) is 0 Å². The number of aliphatic hydroxyl groups excluding tert-OH is 3. The molecule has 9 nitrogen and oxygen atoms in total. The molecule has 0 aromatic heterocycles. The molecule has 0 aromatic rings. The highest BCUT2D eigenvalue weighted by Gasteiger charge is 2.58. The molecule has 216 valence electrons. The summed E-state index contributed by atoms with van der Waals surface area (Å²) in [7, 11) is 1.33. The highest BCUT2D eigenvalue weighted by atomic mass is 16.8. The van der Waals surface area contributed by atoms with E-state index in [0.717, 1.165) is 36.7 Å². The van der Waals surface area contributed by atoms with Crippen molar-refractivity contribution in [3.05, 3.63) is 12.7 Å². The Morgan fingerprint density at radius 2 is 1.43 bits per heavy atom. The average Bonchev–Trinajstić information content (AvgIpc) is 2.90. The number of nitrogens with zero attached hydrogens (tertiary/aromatic N) is 1. The van der Waals surface area contributed by atoms with Gasteiger partial charge in [0.05, 0.1) is 6.61 Å². The maximum atomic E-state index is 12.8. The summed E-state index contributed by atoms with van der Waals surface area (Å²) in [6, 6.07) is -1.59. The molecule has 1 heterocycles. The number of esters is 1. The van der Waals surface area contributed by atoms with E-state index in [1.165, 1.54) is 71.3 Å². The third-order valence-corrected chi connectivity index (χ3v) is 7.04. The van der Waals surface area contributed by atoms with Crippen LogP contribution in [0.4, 0.5) is 0 Å². The van der Waals surface area contributed by atoms with Crippen molar-refractivity contribution in [1.82, 2.24) is 4.90 Å². The lowest BCUT2D eigenvalue weighted by molar-refractivity contribution is -0.418. The summed E-state index contributed by atoms with van der Waals surface area (Å²) in [5.74, 6) is -4.22. The van der Waals surface area contributed by atoms with Crippen LogP contribution < -0.4 is 0 Å². The first-order valence-corrected chi connectivity index (χ1v) is 14.0. The number of hydrogen-bond acceptors (Lipinski definition) is 8. The third-order valence-electron chi connectivity index (χ3n) is 7.04. The Bertz CT molecular complexity index is 681. The van der Waals surface area contributed by atoms with Gasteiger partial charge in [-0.1, -0.05) is 103 Å². The highest BCUT2D eigenvalue weighted by molar-refractivity contribution is 5.81. The number of aliphatic hydroxyl groups is 4. The molecule has 1 amide bonds. The summed E-state index contributed by atoms with van der Waals surface area (Å²) in [6.45, 7) is 3.06. The molecule has 1 saturated heterocycles. The topological polar surface area (TPSA) is 137 Å². The smallest absolute Gasteiger partial charge is 0.351 e. The van der Waals surface area contributed by atoms with E-state index in [0.29, 0.717) is 13.3 Å². The van der Waals surface area contributed by atoms with E-state index < -0.39 is 48.8 Å². The molecule has 0 spiro atoms. The van der Waals surface area contributed by atoms with E-state index in [1.54, 1.807) is 0 Å². The average molecular weight is 531 g/mol. The predicted molar refractivity (Wildman–Crippen MR) is 141 cm³/mol. The number of likely N-dealkylation sites (N-methyl/N-ethyl adjacent to an activating group) is 1. The third kappa shape index (κ3) is 11.8. The van der Waals surface area contributed by atoms with Crippen LogP contribution in [0.5, 0.6) is 0 Å². The van der Waals surface area contributed by atoms with E-state index >= 15 is 0 Å². The van der Waals surface area contributed by atoms with Gasteiger partial charge in [-0.3, -0.25) is 4.79 Å². The minimum atomic E-state index is -2.76. The second-order valence-electron chi connectivity index (χ2n) is 10.1. The van der Waals surface area contributed by atoms with Gasteiger partial charge < -0.3 is 34.8 Å². The van der Waals surface area contributed by atoms with Crippen LogP contribution >= 0.6 is 0 Å². The lowest BCUT2D eigenvalue weighted by Crippen LogP contribution is -2.71. The van der Waals surface area contributed by atoms with Gasteiger partial charge in [0.1, 0.15) is 18.3 Å². The summed E-state index contributed by atoms with van der Waals surface area (Å²) in [5, 5.41) is 41.1. The van der Waals surface area contributed by atoms with Gasteiger partial charge in [0.25, 0.3) is 0 Å². The molecule has 1 aliphatic rings. The Kier molecular flexibility index (Phi) is 16.0. The maximum Gasteiger partial charge on any atom is 0.351 e. The first-order chi connectivity index (χ1) is 18.2. The van der Waals surface area contributed by atoms with Crippen LogP contribution in [0.2, 0.25) is 0 Å². The summed E-state index contributed by atoms with van der Waals surface area (Å²) in [5.41, 5.74) is 0. The quantitative estimate of drug-likeness (QED) is 0.0812. The lowest BCUT2D eigenvalue weighted by Gasteiger charge is -2.48. The van der Waals surface area contributed by atoms with Crippen LogP contribution in [-0.2, 0) is 19.1 Å². The Labute approximate surface area is 224 Å². The van der Waals surface area contributed by atoms with Crippen LogP contribution in [0, 0.1) is 0 Å². The van der Waals surface area contributed by atoms with Crippen LogP contribution in [-0.4, -0.2) is 81.2 Å². The zero-order valence-corrected chi connectivity index (χ0v) is 22.7. The second-order valence-corrected chi connectivity index (χ2v) is 10.1. The maximum absolute atomic E-state index is 12.8. The van der Waals surface area contributed by atoms with Crippen molar-refractivity contribution < 1.29 is 40.9 Å². The van der Waals surface area contributed by atoms with E-state index in [4.69, 9.17) is 10.8 Å². The molecular formula is C28H51NO8. The Hall–Kier alpha value is -1.52. The minimum Gasteiger partial charge on any atom is -0.403 e. The Balaban J connectivity index is 2.28. The number of hydrogen-bond donors (Lipinski definition) is 4. The number of unbranched alkanes of at least 4 members (excludes halogenated alkanes) is 14. The number of carbonyl (C=O) groups is 2. The second kappa shape index (κ2) is 18.7. The van der Waals surface area contributed by atoms with E-state index in [-0.39, 0.29) is 6.42 Å². The summed E-state index contributed by atoms with van der Waals surface area (Å²) in [6.07, 6.45) is 13.5. The highest BCUT2D eigenvalue weighted by Crippen LogP contribution is 2.33. The standard InChI is InChI=1S/C28H51NO8/c1-4-6-7-8-9-10-11-12-13-14-15-16-17-18-19-20-23(31)29(3)27-26(34)25(33)22(21-30)36-28(27,35)37-24(32)5-2/h5,22,25-27,30,33-35H,2,4,6-21H2,1,3H3/t22-,25-,26+,27-,28?/m1/s1/i1D.